The quantitative estimate of drug-likeness (QED) is 0.609. The second-order valence-corrected chi connectivity index (χ2v) is 7.21. The molecule has 29 heavy (non-hydrogen) atoms. The second-order valence-electron chi connectivity index (χ2n) is 6.77. The third-order valence-corrected chi connectivity index (χ3v) is 4.52. The van der Waals surface area contributed by atoms with Gasteiger partial charge in [-0.15, -0.1) is 0 Å². The average Bonchev–Trinajstić information content (AvgIpc) is 3.13. The van der Waals surface area contributed by atoms with Gasteiger partial charge < -0.3 is 19.5 Å². The van der Waals surface area contributed by atoms with Gasteiger partial charge in [0.25, 0.3) is 5.89 Å². The molecule has 0 aliphatic heterocycles. The SMILES string of the molecule is Cc1ccc(OCc2nc(CCN(C)C(=O)Nc3cccc(Cl)c3)no2)c(C)c1. The van der Waals surface area contributed by atoms with Crippen LogP contribution in [0.2, 0.25) is 5.02 Å². The number of halogens is 1. The highest BCUT2D eigenvalue weighted by atomic mass is 35.5. The zero-order chi connectivity index (χ0) is 20.8. The molecule has 2 amide bonds. The van der Waals surface area contributed by atoms with Gasteiger partial charge in [0, 0.05) is 30.7 Å². The van der Waals surface area contributed by atoms with E-state index < -0.39 is 0 Å². The lowest BCUT2D eigenvalue weighted by atomic mass is 10.1. The maximum atomic E-state index is 12.3. The van der Waals surface area contributed by atoms with Crippen LogP contribution in [0, 0.1) is 13.8 Å². The minimum Gasteiger partial charge on any atom is -0.483 e. The number of anilines is 1. The third-order valence-electron chi connectivity index (χ3n) is 4.29. The molecule has 0 saturated carbocycles. The zero-order valence-corrected chi connectivity index (χ0v) is 17.4. The average molecular weight is 415 g/mol. The third kappa shape index (κ3) is 5.96. The van der Waals surface area contributed by atoms with Crippen LogP contribution >= 0.6 is 11.6 Å². The van der Waals surface area contributed by atoms with Crippen LogP contribution in [0.15, 0.2) is 47.0 Å². The number of ether oxygens (including phenoxy) is 1. The lowest BCUT2D eigenvalue weighted by Gasteiger charge is -2.17. The first kappa shape index (κ1) is 20.7. The van der Waals surface area contributed by atoms with E-state index in [-0.39, 0.29) is 12.6 Å². The molecule has 2 aromatic carbocycles. The number of carbonyl (C=O) groups excluding carboxylic acids is 1. The predicted octanol–water partition coefficient (Wildman–Crippen LogP) is 4.63. The maximum absolute atomic E-state index is 12.3. The Kier molecular flexibility index (Phi) is 6.72. The van der Waals surface area contributed by atoms with Gasteiger partial charge in [0.05, 0.1) is 0 Å². The van der Waals surface area contributed by atoms with E-state index in [1.807, 2.05) is 26.0 Å². The number of nitrogens with one attached hydrogen (secondary N) is 1. The molecule has 0 spiro atoms. The summed E-state index contributed by atoms with van der Waals surface area (Å²) in [6.45, 7) is 4.66. The smallest absolute Gasteiger partial charge is 0.321 e. The highest BCUT2D eigenvalue weighted by Gasteiger charge is 2.12. The summed E-state index contributed by atoms with van der Waals surface area (Å²) in [5.74, 6) is 1.70. The van der Waals surface area contributed by atoms with Crippen molar-refractivity contribution in [1.82, 2.24) is 15.0 Å². The summed E-state index contributed by atoms with van der Waals surface area (Å²) in [4.78, 5) is 18.1. The lowest BCUT2D eigenvalue weighted by molar-refractivity contribution is 0.222. The predicted molar refractivity (Wildman–Crippen MR) is 111 cm³/mol. The number of nitrogens with zero attached hydrogens (tertiary/aromatic N) is 3. The number of hydrogen-bond donors (Lipinski definition) is 1. The van der Waals surface area contributed by atoms with Gasteiger partial charge >= 0.3 is 6.03 Å². The molecule has 0 aliphatic rings. The van der Waals surface area contributed by atoms with Gasteiger partial charge in [-0.1, -0.05) is 40.5 Å². The van der Waals surface area contributed by atoms with Gasteiger partial charge in [-0.3, -0.25) is 0 Å². The monoisotopic (exact) mass is 414 g/mol. The van der Waals surface area contributed by atoms with Crippen LogP contribution in [0.1, 0.15) is 22.8 Å². The topological polar surface area (TPSA) is 80.5 Å². The first-order valence-electron chi connectivity index (χ1n) is 9.20. The Morgan fingerprint density at radius 1 is 1.24 bits per heavy atom. The molecule has 0 unspecified atom stereocenters. The van der Waals surface area contributed by atoms with Crippen molar-refractivity contribution in [2.24, 2.45) is 0 Å². The van der Waals surface area contributed by atoms with Gasteiger partial charge in [-0.05, 0) is 43.7 Å². The van der Waals surface area contributed by atoms with Crippen LogP contribution in [-0.2, 0) is 13.0 Å². The standard InChI is InChI=1S/C21H23ClN4O3/c1-14-7-8-18(15(2)11-14)28-13-20-24-19(25-29-20)9-10-26(3)21(27)23-17-6-4-5-16(22)12-17/h4-8,11-12H,9-10,13H2,1-3H3,(H,23,27). The van der Waals surface area contributed by atoms with Crippen LogP contribution in [0.25, 0.3) is 0 Å². The molecule has 1 N–H and O–H groups in total. The van der Waals surface area contributed by atoms with E-state index in [9.17, 15) is 4.79 Å². The Bertz CT molecular complexity index is 990. The Morgan fingerprint density at radius 3 is 2.83 bits per heavy atom. The van der Waals surface area contributed by atoms with E-state index in [0.29, 0.717) is 35.4 Å². The molecular weight excluding hydrogens is 392 g/mol. The van der Waals surface area contributed by atoms with Gasteiger partial charge in [0.15, 0.2) is 12.4 Å². The summed E-state index contributed by atoms with van der Waals surface area (Å²) < 4.78 is 11.0. The molecule has 1 aromatic heterocycles. The largest absolute Gasteiger partial charge is 0.483 e. The summed E-state index contributed by atoms with van der Waals surface area (Å²) in [6, 6.07) is 12.7. The van der Waals surface area contributed by atoms with Gasteiger partial charge in [-0.2, -0.15) is 4.98 Å². The fourth-order valence-corrected chi connectivity index (χ4v) is 2.90. The molecule has 0 aliphatic carbocycles. The molecule has 0 fully saturated rings. The summed E-state index contributed by atoms with van der Waals surface area (Å²) in [5, 5.41) is 7.30. The minimum atomic E-state index is -0.242. The Balaban J connectivity index is 1.47. The fourth-order valence-electron chi connectivity index (χ4n) is 2.71. The van der Waals surface area contributed by atoms with E-state index in [0.717, 1.165) is 11.3 Å². The highest BCUT2D eigenvalue weighted by Crippen LogP contribution is 2.20. The van der Waals surface area contributed by atoms with E-state index >= 15 is 0 Å². The minimum absolute atomic E-state index is 0.196. The van der Waals surface area contributed by atoms with E-state index in [1.165, 1.54) is 5.56 Å². The number of aromatic nitrogens is 2. The number of carbonyl (C=O) groups is 1. The van der Waals surface area contributed by atoms with Crippen molar-refractivity contribution in [3.05, 3.63) is 70.3 Å². The Labute approximate surface area is 174 Å². The lowest BCUT2D eigenvalue weighted by Crippen LogP contribution is -2.33. The van der Waals surface area contributed by atoms with E-state index in [4.69, 9.17) is 20.9 Å². The summed E-state index contributed by atoms with van der Waals surface area (Å²) in [7, 11) is 1.70. The summed E-state index contributed by atoms with van der Waals surface area (Å²) in [6.07, 6.45) is 0.465. The van der Waals surface area contributed by atoms with Crippen molar-refractivity contribution in [3.8, 4) is 5.75 Å². The van der Waals surface area contributed by atoms with Crippen LogP contribution in [-0.4, -0.2) is 34.7 Å². The molecule has 1 heterocycles. The number of benzene rings is 2. The van der Waals surface area contributed by atoms with Crippen LogP contribution in [0.5, 0.6) is 5.75 Å². The number of aryl methyl sites for hydroxylation is 2. The zero-order valence-electron chi connectivity index (χ0n) is 16.6. The van der Waals surface area contributed by atoms with Crippen molar-refractivity contribution < 1.29 is 14.1 Å². The molecule has 0 bridgehead atoms. The number of amides is 2. The summed E-state index contributed by atoms with van der Waals surface area (Å²) in [5.41, 5.74) is 2.87. The molecular formula is C21H23ClN4O3. The van der Waals surface area contributed by atoms with Crippen LogP contribution < -0.4 is 10.1 Å². The van der Waals surface area contributed by atoms with Crippen molar-refractivity contribution in [2.75, 3.05) is 18.9 Å². The van der Waals surface area contributed by atoms with Gasteiger partial charge in [0.2, 0.25) is 0 Å². The van der Waals surface area contributed by atoms with Crippen LogP contribution in [0.4, 0.5) is 10.5 Å². The van der Waals surface area contributed by atoms with E-state index in [1.54, 1.807) is 36.2 Å². The number of urea groups is 1. The number of rotatable bonds is 7. The van der Waals surface area contributed by atoms with Gasteiger partial charge in [-0.25, -0.2) is 4.79 Å². The molecule has 0 saturated heterocycles. The second kappa shape index (κ2) is 9.43. The Hall–Kier alpha value is -3.06. The van der Waals surface area contributed by atoms with Crippen molar-refractivity contribution in [3.63, 3.8) is 0 Å². The highest BCUT2D eigenvalue weighted by molar-refractivity contribution is 6.30. The Morgan fingerprint density at radius 2 is 2.07 bits per heavy atom. The summed E-state index contributed by atoms with van der Waals surface area (Å²) >= 11 is 5.93. The van der Waals surface area contributed by atoms with Crippen molar-refractivity contribution in [1.29, 1.82) is 0 Å². The number of likely N-dealkylation sites (N-methyl/N-ethyl adjacent to an activating group) is 1. The normalized spacial score (nSPS) is 10.6. The maximum Gasteiger partial charge on any atom is 0.321 e. The molecule has 7 nitrogen and oxygen atoms in total. The molecule has 0 radical (unpaired) electrons. The van der Waals surface area contributed by atoms with E-state index in [2.05, 4.69) is 21.5 Å². The molecule has 0 atom stereocenters. The van der Waals surface area contributed by atoms with Crippen molar-refractivity contribution in [2.45, 2.75) is 26.9 Å². The van der Waals surface area contributed by atoms with Crippen LogP contribution in [0.3, 0.4) is 0 Å². The fraction of sp³-hybridized carbons (Fsp3) is 0.286. The molecule has 3 rings (SSSR count). The molecule has 152 valence electrons. The number of hydrogen-bond acceptors (Lipinski definition) is 5. The molecule has 8 heteroatoms. The first-order valence-corrected chi connectivity index (χ1v) is 9.57. The van der Waals surface area contributed by atoms with Gasteiger partial charge in [0.1, 0.15) is 5.75 Å². The molecule has 3 aromatic rings. The first-order chi connectivity index (χ1) is 13.9. The van der Waals surface area contributed by atoms with Crippen molar-refractivity contribution >= 4 is 23.3 Å².